The molecule has 1 aliphatic heterocycles. The van der Waals surface area contributed by atoms with Gasteiger partial charge in [0, 0.05) is 7.12 Å². The van der Waals surface area contributed by atoms with Gasteiger partial charge < -0.3 is 11.1 Å². The van der Waals surface area contributed by atoms with E-state index in [0.717, 1.165) is 5.88 Å². The van der Waals surface area contributed by atoms with Gasteiger partial charge in [-0.3, -0.25) is 4.79 Å². The zero-order chi connectivity index (χ0) is 9.11. The van der Waals surface area contributed by atoms with E-state index in [2.05, 4.69) is 23.4 Å². The standard InChI is InChI=1S/C4H7NS.C2H6.CH3NO.H2/c1-4-2-6-3-5-4;1-2;2-1-3;/h2,5H,3H2,1H3;1-2H3;1H,(H2,2,3);1H. The molecule has 0 atom stereocenters. The molecule has 0 saturated carbocycles. The second-order valence-corrected chi connectivity index (χ2v) is 2.28. The molecule has 0 fully saturated rings. The van der Waals surface area contributed by atoms with E-state index >= 15 is 0 Å². The third-order valence-corrected chi connectivity index (χ3v) is 1.53. The summed E-state index contributed by atoms with van der Waals surface area (Å²) in [5, 5.41) is 5.27. The molecule has 3 N–H and O–H groups in total. The van der Waals surface area contributed by atoms with Crippen molar-refractivity contribution in [3.05, 3.63) is 11.1 Å². The Labute approximate surface area is 73.9 Å². The van der Waals surface area contributed by atoms with E-state index in [-0.39, 0.29) is 7.84 Å². The summed E-state index contributed by atoms with van der Waals surface area (Å²) in [4.78, 5) is 8.58. The van der Waals surface area contributed by atoms with E-state index in [4.69, 9.17) is 4.79 Å². The lowest BCUT2D eigenvalue weighted by Gasteiger charge is -1.87. The zero-order valence-electron chi connectivity index (χ0n) is 7.26. The van der Waals surface area contributed by atoms with Crippen molar-refractivity contribution in [3.8, 4) is 0 Å². The van der Waals surface area contributed by atoms with Gasteiger partial charge in [-0.1, -0.05) is 13.8 Å². The fourth-order valence-electron chi connectivity index (χ4n) is 0.364. The number of amides is 1. The summed E-state index contributed by atoms with van der Waals surface area (Å²) < 4.78 is 0. The van der Waals surface area contributed by atoms with Crippen LogP contribution in [0.15, 0.2) is 11.1 Å². The second-order valence-electron chi connectivity index (χ2n) is 1.42. The predicted molar refractivity (Wildman–Crippen MR) is 53.1 cm³/mol. The van der Waals surface area contributed by atoms with E-state index in [0.29, 0.717) is 0 Å². The molecule has 0 spiro atoms. The summed E-state index contributed by atoms with van der Waals surface area (Å²) in [7, 11) is 0. The molecule has 0 saturated heterocycles. The van der Waals surface area contributed by atoms with E-state index < -0.39 is 0 Å². The Morgan fingerprint density at radius 3 is 2.36 bits per heavy atom. The van der Waals surface area contributed by atoms with Gasteiger partial charge in [-0.2, -0.15) is 0 Å². The molecule has 1 amide bonds. The van der Waals surface area contributed by atoms with Crippen LogP contribution in [-0.2, 0) is 4.79 Å². The Morgan fingerprint density at radius 2 is 2.27 bits per heavy atom. The van der Waals surface area contributed by atoms with Crippen molar-refractivity contribution in [2.75, 3.05) is 5.88 Å². The lowest BCUT2D eigenvalue weighted by atomic mass is 10.6. The number of rotatable bonds is 0. The van der Waals surface area contributed by atoms with Gasteiger partial charge in [-0.15, -0.1) is 11.8 Å². The minimum absolute atomic E-state index is 0. The largest absolute Gasteiger partial charge is 0.379 e. The lowest BCUT2D eigenvalue weighted by molar-refractivity contribution is -0.106. The first-order chi connectivity index (χ1) is 5.31. The fourth-order valence-corrected chi connectivity index (χ4v) is 1.09. The van der Waals surface area contributed by atoms with Crippen molar-refractivity contribution >= 4 is 18.2 Å². The normalized spacial score (nSPS) is 12.5. The topological polar surface area (TPSA) is 55.1 Å². The van der Waals surface area contributed by atoms with Crippen LogP contribution < -0.4 is 11.1 Å². The Kier molecular flexibility index (Phi) is 14.3. The average Bonchev–Trinajstić information content (AvgIpc) is 2.46. The van der Waals surface area contributed by atoms with Crippen LogP contribution in [-0.4, -0.2) is 12.3 Å². The van der Waals surface area contributed by atoms with E-state index in [1.807, 2.05) is 25.6 Å². The molecule has 0 unspecified atom stereocenters. The first-order valence-corrected chi connectivity index (χ1v) is 4.53. The SMILES string of the molecule is CC.CC1=CSCN1.NC=O.[HH]. The van der Waals surface area contributed by atoms with Crippen LogP contribution >= 0.6 is 11.8 Å². The van der Waals surface area contributed by atoms with Gasteiger partial charge in [0.2, 0.25) is 6.41 Å². The van der Waals surface area contributed by atoms with E-state index in [9.17, 15) is 0 Å². The molecular weight excluding hydrogens is 160 g/mol. The summed E-state index contributed by atoms with van der Waals surface area (Å²) >= 11 is 1.81. The highest BCUT2D eigenvalue weighted by atomic mass is 32.2. The molecule has 1 aliphatic rings. The molecule has 68 valence electrons. The number of nitrogens with two attached hydrogens (primary N) is 1. The van der Waals surface area contributed by atoms with Crippen molar-refractivity contribution < 1.29 is 6.22 Å². The Hall–Kier alpha value is -0.640. The van der Waals surface area contributed by atoms with Crippen molar-refractivity contribution in [1.82, 2.24) is 5.32 Å². The molecule has 0 aromatic heterocycles. The number of hydrogen-bond donors (Lipinski definition) is 2. The van der Waals surface area contributed by atoms with E-state index in [1.165, 1.54) is 5.70 Å². The third kappa shape index (κ3) is 12.5. The maximum absolute atomic E-state index is 8.58. The van der Waals surface area contributed by atoms with Gasteiger partial charge in [-0.25, -0.2) is 0 Å². The predicted octanol–water partition coefficient (Wildman–Crippen LogP) is 1.52. The van der Waals surface area contributed by atoms with Crippen molar-refractivity contribution in [1.29, 1.82) is 0 Å². The molecule has 0 aliphatic carbocycles. The quantitative estimate of drug-likeness (QED) is 0.553. The van der Waals surface area contributed by atoms with Crippen LogP contribution in [0.2, 0.25) is 0 Å². The zero-order valence-corrected chi connectivity index (χ0v) is 8.07. The summed E-state index contributed by atoms with van der Waals surface area (Å²) in [6.07, 6.45) is 0.250. The summed E-state index contributed by atoms with van der Waals surface area (Å²) in [6.45, 7) is 6.07. The molecule has 4 heteroatoms. The van der Waals surface area contributed by atoms with Crippen molar-refractivity contribution in [2.45, 2.75) is 20.8 Å². The molecule has 0 radical (unpaired) electrons. The molecule has 1 heterocycles. The highest BCUT2D eigenvalue weighted by Crippen LogP contribution is 2.09. The van der Waals surface area contributed by atoms with E-state index in [1.54, 1.807) is 0 Å². The Balaban J connectivity index is -0.000000119. The average molecular weight is 178 g/mol. The maximum Gasteiger partial charge on any atom is 0.204 e. The van der Waals surface area contributed by atoms with Gasteiger partial charge in [-0.05, 0) is 12.3 Å². The minimum Gasteiger partial charge on any atom is -0.379 e. The second kappa shape index (κ2) is 12.1. The van der Waals surface area contributed by atoms with Gasteiger partial charge >= 0.3 is 0 Å². The number of carbonyl (C=O) groups excluding carboxylic acids is 1. The maximum atomic E-state index is 8.58. The van der Waals surface area contributed by atoms with Gasteiger partial charge in [0.15, 0.2) is 0 Å². The van der Waals surface area contributed by atoms with Crippen LogP contribution in [0.1, 0.15) is 22.2 Å². The smallest absolute Gasteiger partial charge is 0.204 e. The molecule has 0 aromatic rings. The number of carbonyl (C=O) groups is 1. The number of primary amides is 1. The monoisotopic (exact) mass is 178 g/mol. The summed E-state index contributed by atoms with van der Waals surface area (Å²) in [5.41, 5.74) is 5.46. The molecule has 0 aromatic carbocycles. The molecule has 0 bridgehead atoms. The van der Waals surface area contributed by atoms with Crippen LogP contribution in [0, 0.1) is 0 Å². The molecule has 1 rings (SSSR count). The lowest BCUT2D eigenvalue weighted by Crippen LogP contribution is -2.01. The van der Waals surface area contributed by atoms with Crippen LogP contribution in [0.25, 0.3) is 0 Å². The number of nitrogens with one attached hydrogen (secondary N) is 1. The van der Waals surface area contributed by atoms with Crippen molar-refractivity contribution in [3.63, 3.8) is 0 Å². The van der Waals surface area contributed by atoms with Gasteiger partial charge in [0.05, 0.1) is 5.88 Å². The summed E-state index contributed by atoms with van der Waals surface area (Å²) in [6, 6.07) is 0. The van der Waals surface area contributed by atoms with Crippen LogP contribution in [0.5, 0.6) is 0 Å². The van der Waals surface area contributed by atoms with Crippen LogP contribution in [0.4, 0.5) is 0 Å². The fraction of sp³-hybridized carbons (Fsp3) is 0.571. The highest BCUT2D eigenvalue weighted by Gasteiger charge is 1.92. The number of hydrogen-bond acceptors (Lipinski definition) is 3. The molecule has 11 heavy (non-hydrogen) atoms. The minimum atomic E-state index is 0. The first kappa shape index (κ1) is 13.0. The van der Waals surface area contributed by atoms with Crippen molar-refractivity contribution in [2.24, 2.45) is 5.73 Å². The Bertz CT molecular complexity index is 120. The summed E-state index contributed by atoms with van der Waals surface area (Å²) in [5.74, 6) is 1.06. The Morgan fingerprint density at radius 1 is 1.82 bits per heavy atom. The number of thioether (sulfide) groups is 1. The number of allylic oxidation sites excluding steroid dienone is 1. The third-order valence-electron chi connectivity index (χ3n) is 0.694. The van der Waals surface area contributed by atoms with Crippen LogP contribution in [0.3, 0.4) is 0 Å². The first-order valence-electron chi connectivity index (χ1n) is 3.49. The van der Waals surface area contributed by atoms with Gasteiger partial charge in [0.25, 0.3) is 0 Å². The van der Waals surface area contributed by atoms with Gasteiger partial charge in [0.1, 0.15) is 0 Å². The molecule has 3 nitrogen and oxygen atoms in total. The molecular formula is C7H18N2OS. The highest BCUT2D eigenvalue weighted by molar-refractivity contribution is 8.02.